The average molecular weight is 480 g/mol. The molecule has 156 valence electrons. The summed E-state index contributed by atoms with van der Waals surface area (Å²) in [6.45, 7) is 6.20. The number of halogens is 1. The Morgan fingerprint density at radius 2 is 2.00 bits per heavy atom. The summed E-state index contributed by atoms with van der Waals surface area (Å²) in [4.78, 5) is 26.2. The molecule has 1 N–H and O–H groups in total. The zero-order chi connectivity index (χ0) is 21.0. The monoisotopic (exact) mass is 479 g/mol. The lowest BCUT2D eigenvalue weighted by Crippen LogP contribution is -2.21. The Labute approximate surface area is 183 Å². The third-order valence-electron chi connectivity index (χ3n) is 4.89. The Hall–Kier alpha value is -1.86. The third kappa shape index (κ3) is 5.20. The van der Waals surface area contributed by atoms with Crippen molar-refractivity contribution in [3.05, 3.63) is 44.2 Å². The number of thiophene rings is 1. The Bertz CT molecular complexity index is 906. The molecule has 0 atom stereocenters. The van der Waals surface area contributed by atoms with E-state index >= 15 is 0 Å². The van der Waals surface area contributed by atoms with Gasteiger partial charge >= 0.3 is 5.97 Å². The molecule has 0 spiro atoms. The van der Waals surface area contributed by atoms with Gasteiger partial charge in [0.2, 0.25) is 0 Å². The van der Waals surface area contributed by atoms with Crippen molar-refractivity contribution < 1.29 is 19.1 Å². The van der Waals surface area contributed by atoms with E-state index in [-0.39, 0.29) is 18.5 Å². The fraction of sp³-hybridized carbons (Fsp3) is 0.455. The first kappa shape index (κ1) is 21.8. The van der Waals surface area contributed by atoms with E-state index in [2.05, 4.69) is 35.1 Å². The van der Waals surface area contributed by atoms with Gasteiger partial charge in [-0.1, -0.05) is 19.9 Å². The molecule has 5 nitrogen and oxygen atoms in total. The Kier molecular flexibility index (Phi) is 7.35. The summed E-state index contributed by atoms with van der Waals surface area (Å²) in [6, 6.07) is 5.86. The molecule has 0 unspecified atom stereocenters. The smallest absolute Gasteiger partial charge is 0.341 e. The molecule has 1 amide bonds. The van der Waals surface area contributed by atoms with E-state index in [4.69, 9.17) is 9.47 Å². The maximum absolute atomic E-state index is 12.5. The second-order valence-electron chi connectivity index (χ2n) is 7.32. The molecule has 2 aromatic rings. The van der Waals surface area contributed by atoms with Gasteiger partial charge in [0.1, 0.15) is 10.8 Å². The van der Waals surface area contributed by atoms with Gasteiger partial charge in [0.25, 0.3) is 5.91 Å². The number of rotatable bonds is 7. The summed E-state index contributed by atoms with van der Waals surface area (Å²) < 4.78 is 11.7. The molecule has 0 saturated heterocycles. The predicted octanol–water partition coefficient (Wildman–Crippen LogP) is 5.71. The van der Waals surface area contributed by atoms with Crippen LogP contribution in [0.1, 0.15) is 65.9 Å². The Morgan fingerprint density at radius 3 is 2.69 bits per heavy atom. The van der Waals surface area contributed by atoms with Gasteiger partial charge in [0.15, 0.2) is 6.61 Å². The summed E-state index contributed by atoms with van der Waals surface area (Å²) in [5.41, 5.74) is 2.74. The van der Waals surface area contributed by atoms with Crippen molar-refractivity contribution in [1.29, 1.82) is 0 Å². The highest BCUT2D eigenvalue weighted by atomic mass is 79.9. The molecule has 1 heterocycles. The lowest BCUT2D eigenvalue weighted by atomic mass is 9.95. The summed E-state index contributed by atoms with van der Waals surface area (Å²) in [7, 11) is 0. The number of hydrogen-bond donors (Lipinski definition) is 1. The lowest BCUT2D eigenvalue weighted by Gasteiger charge is -2.13. The molecule has 1 aromatic heterocycles. The molecule has 3 rings (SSSR count). The van der Waals surface area contributed by atoms with Crippen LogP contribution in [0.15, 0.2) is 22.7 Å². The second kappa shape index (κ2) is 9.76. The molecule has 1 aliphatic carbocycles. The standard InChI is InChI=1S/C22H26BrNO4S/c1-4-27-22(26)20-15-7-5-6-8-18(15)29-21(20)24-19(25)12-28-17-10-9-14(13(2)3)11-16(17)23/h9-11,13H,4-8,12H2,1-3H3,(H,24,25). The highest BCUT2D eigenvalue weighted by molar-refractivity contribution is 9.10. The van der Waals surface area contributed by atoms with Crippen molar-refractivity contribution >= 4 is 44.1 Å². The van der Waals surface area contributed by atoms with E-state index in [0.717, 1.165) is 35.7 Å². The second-order valence-corrected chi connectivity index (χ2v) is 9.28. The summed E-state index contributed by atoms with van der Waals surface area (Å²) >= 11 is 4.98. The summed E-state index contributed by atoms with van der Waals surface area (Å²) in [5, 5.41) is 3.43. The van der Waals surface area contributed by atoms with Crippen LogP contribution in [0, 0.1) is 0 Å². The quantitative estimate of drug-likeness (QED) is 0.516. The van der Waals surface area contributed by atoms with E-state index in [1.807, 2.05) is 18.2 Å². The van der Waals surface area contributed by atoms with Gasteiger partial charge in [0, 0.05) is 4.88 Å². The van der Waals surface area contributed by atoms with E-state index in [1.165, 1.54) is 21.8 Å². The van der Waals surface area contributed by atoms with Gasteiger partial charge in [-0.3, -0.25) is 4.79 Å². The number of fused-ring (bicyclic) bond motifs is 1. The van der Waals surface area contributed by atoms with Crippen LogP contribution in [-0.2, 0) is 22.4 Å². The van der Waals surface area contributed by atoms with Gasteiger partial charge < -0.3 is 14.8 Å². The fourth-order valence-corrected chi connectivity index (χ4v) is 5.18. The molecule has 0 saturated carbocycles. The van der Waals surface area contributed by atoms with Gasteiger partial charge in [-0.2, -0.15) is 0 Å². The molecular formula is C22H26BrNO4S. The van der Waals surface area contributed by atoms with Crippen LogP contribution < -0.4 is 10.1 Å². The number of ether oxygens (including phenoxy) is 2. The predicted molar refractivity (Wildman–Crippen MR) is 119 cm³/mol. The molecular weight excluding hydrogens is 454 g/mol. The molecule has 7 heteroatoms. The molecule has 1 aromatic carbocycles. The average Bonchev–Trinajstić information content (AvgIpc) is 3.04. The Morgan fingerprint density at radius 1 is 1.24 bits per heavy atom. The topological polar surface area (TPSA) is 64.6 Å². The molecule has 29 heavy (non-hydrogen) atoms. The van der Waals surface area contributed by atoms with Crippen LogP contribution in [0.5, 0.6) is 5.75 Å². The first-order valence-corrected chi connectivity index (χ1v) is 11.5. The van der Waals surface area contributed by atoms with Crippen molar-refractivity contribution in [2.75, 3.05) is 18.5 Å². The van der Waals surface area contributed by atoms with Crippen molar-refractivity contribution in [2.24, 2.45) is 0 Å². The first-order valence-electron chi connectivity index (χ1n) is 9.94. The zero-order valence-corrected chi connectivity index (χ0v) is 19.4. The lowest BCUT2D eigenvalue weighted by molar-refractivity contribution is -0.118. The number of carbonyl (C=O) groups is 2. The largest absolute Gasteiger partial charge is 0.483 e. The van der Waals surface area contributed by atoms with Crippen LogP contribution >= 0.6 is 27.3 Å². The number of benzene rings is 1. The summed E-state index contributed by atoms with van der Waals surface area (Å²) in [6.07, 6.45) is 3.94. The van der Waals surface area contributed by atoms with Crippen molar-refractivity contribution in [3.8, 4) is 5.75 Å². The normalized spacial score (nSPS) is 13.1. The molecule has 0 aliphatic heterocycles. The number of carbonyl (C=O) groups excluding carboxylic acids is 2. The minimum atomic E-state index is -0.366. The van der Waals surface area contributed by atoms with Gasteiger partial charge in [-0.05, 0) is 77.7 Å². The number of amides is 1. The minimum absolute atomic E-state index is 0.134. The number of nitrogens with one attached hydrogen (secondary N) is 1. The maximum atomic E-state index is 12.5. The van der Waals surface area contributed by atoms with E-state index in [9.17, 15) is 9.59 Å². The zero-order valence-electron chi connectivity index (χ0n) is 17.0. The van der Waals surface area contributed by atoms with Crippen molar-refractivity contribution in [3.63, 3.8) is 0 Å². The maximum Gasteiger partial charge on any atom is 0.341 e. The van der Waals surface area contributed by atoms with Crippen molar-refractivity contribution in [1.82, 2.24) is 0 Å². The van der Waals surface area contributed by atoms with Gasteiger partial charge in [0.05, 0.1) is 16.6 Å². The molecule has 0 bridgehead atoms. The molecule has 0 fully saturated rings. The van der Waals surface area contributed by atoms with E-state index in [0.29, 0.717) is 28.8 Å². The fourth-order valence-electron chi connectivity index (χ4n) is 3.37. The summed E-state index contributed by atoms with van der Waals surface area (Å²) in [5.74, 6) is 0.361. The van der Waals surface area contributed by atoms with E-state index in [1.54, 1.807) is 6.92 Å². The first-order chi connectivity index (χ1) is 13.9. The van der Waals surface area contributed by atoms with Crippen LogP contribution in [0.2, 0.25) is 0 Å². The van der Waals surface area contributed by atoms with Crippen LogP contribution in [0.3, 0.4) is 0 Å². The minimum Gasteiger partial charge on any atom is -0.483 e. The number of esters is 1. The third-order valence-corrected chi connectivity index (χ3v) is 6.71. The SMILES string of the molecule is CCOC(=O)c1c(NC(=O)COc2ccc(C(C)C)cc2Br)sc2c1CCCC2. The van der Waals surface area contributed by atoms with Gasteiger partial charge in [-0.15, -0.1) is 11.3 Å². The van der Waals surface area contributed by atoms with Crippen LogP contribution in [-0.4, -0.2) is 25.1 Å². The van der Waals surface area contributed by atoms with Crippen LogP contribution in [0.4, 0.5) is 5.00 Å². The molecule has 0 radical (unpaired) electrons. The van der Waals surface area contributed by atoms with Gasteiger partial charge in [-0.25, -0.2) is 4.79 Å². The number of aryl methyl sites for hydroxylation is 1. The van der Waals surface area contributed by atoms with E-state index < -0.39 is 0 Å². The van der Waals surface area contributed by atoms with Crippen molar-refractivity contribution in [2.45, 2.75) is 52.4 Å². The van der Waals surface area contributed by atoms with Crippen LogP contribution in [0.25, 0.3) is 0 Å². The Balaban J connectivity index is 1.71. The number of anilines is 1. The molecule has 1 aliphatic rings. The number of hydrogen-bond acceptors (Lipinski definition) is 5. The highest BCUT2D eigenvalue weighted by Crippen LogP contribution is 2.38. The highest BCUT2D eigenvalue weighted by Gasteiger charge is 2.27.